The minimum atomic E-state index is -0.861. The second-order valence-corrected chi connectivity index (χ2v) is 4.24. The summed E-state index contributed by atoms with van der Waals surface area (Å²) in [7, 11) is 0. The number of aromatic hydroxyl groups is 2. The van der Waals surface area contributed by atoms with Crippen LogP contribution in [0, 0.1) is 18.6 Å². The third kappa shape index (κ3) is 2.69. The van der Waals surface area contributed by atoms with Crippen LogP contribution in [0.15, 0.2) is 30.3 Å². The average Bonchev–Trinajstić information content (AvgIpc) is 2.38. The Bertz CT molecular complexity index is 686. The fraction of sp³-hybridized carbons (Fsp3) is 0.0714. The van der Waals surface area contributed by atoms with Crippen LogP contribution in [-0.4, -0.2) is 16.1 Å². The molecule has 2 aromatic rings. The molecule has 0 bridgehead atoms. The van der Waals surface area contributed by atoms with Crippen LogP contribution >= 0.6 is 0 Å². The fourth-order valence-corrected chi connectivity index (χ4v) is 1.64. The molecule has 20 heavy (non-hydrogen) atoms. The van der Waals surface area contributed by atoms with Crippen molar-refractivity contribution in [3.8, 4) is 11.5 Å². The summed E-state index contributed by atoms with van der Waals surface area (Å²) < 4.78 is 26.9. The van der Waals surface area contributed by atoms with Gasteiger partial charge in [0.25, 0.3) is 5.91 Å². The molecule has 0 aliphatic carbocycles. The van der Waals surface area contributed by atoms with E-state index in [0.29, 0.717) is 0 Å². The summed E-state index contributed by atoms with van der Waals surface area (Å²) in [6.07, 6.45) is 0. The number of aryl methyl sites for hydroxylation is 1. The maximum atomic E-state index is 13.6. The molecule has 0 atom stereocenters. The maximum Gasteiger partial charge on any atom is 0.259 e. The lowest BCUT2D eigenvalue weighted by Crippen LogP contribution is -2.13. The Morgan fingerprint density at radius 3 is 2.50 bits per heavy atom. The van der Waals surface area contributed by atoms with Crippen molar-refractivity contribution in [2.45, 2.75) is 6.92 Å². The third-order valence-electron chi connectivity index (χ3n) is 2.72. The van der Waals surface area contributed by atoms with Crippen LogP contribution in [0.1, 0.15) is 15.9 Å². The smallest absolute Gasteiger partial charge is 0.259 e. The molecule has 0 radical (unpaired) electrons. The number of carbonyl (C=O) groups excluding carboxylic acids is 1. The molecule has 2 aromatic carbocycles. The zero-order chi connectivity index (χ0) is 14.9. The summed E-state index contributed by atoms with van der Waals surface area (Å²) in [4.78, 5) is 11.9. The molecule has 0 aromatic heterocycles. The Hall–Kier alpha value is -2.63. The molecular formula is C14H11F2NO3. The van der Waals surface area contributed by atoms with Gasteiger partial charge in [0, 0.05) is 6.07 Å². The number of hydrogen-bond donors (Lipinski definition) is 3. The monoisotopic (exact) mass is 279 g/mol. The number of hydrogen-bond acceptors (Lipinski definition) is 3. The van der Waals surface area contributed by atoms with Crippen LogP contribution in [0.3, 0.4) is 0 Å². The molecule has 2 rings (SSSR count). The molecule has 104 valence electrons. The van der Waals surface area contributed by atoms with E-state index in [1.807, 2.05) is 0 Å². The topological polar surface area (TPSA) is 69.6 Å². The Labute approximate surface area is 113 Å². The van der Waals surface area contributed by atoms with E-state index in [2.05, 4.69) is 5.32 Å². The number of rotatable bonds is 2. The predicted molar refractivity (Wildman–Crippen MR) is 68.8 cm³/mol. The molecule has 0 heterocycles. The van der Waals surface area contributed by atoms with E-state index >= 15 is 0 Å². The van der Waals surface area contributed by atoms with Crippen molar-refractivity contribution in [2.24, 2.45) is 0 Å². The lowest BCUT2D eigenvalue weighted by Gasteiger charge is -2.09. The van der Waals surface area contributed by atoms with Crippen molar-refractivity contribution in [3.63, 3.8) is 0 Å². The highest BCUT2D eigenvalue weighted by Crippen LogP contribution is 2.24. The Morgan fingerprint density at radius 2 is 1.80 bits per heavy atom. The highest BCUT2D eigenvalue weighted by atomic mass is 19.1. The Balaban J connectivity index is 2.32. The van der Waals surface area contributed by atoms with E-state index in [1.165, 1.54) is 13.0 Å². The number of phenols is 2. The number of anilines is 1. The van der Waals surface area contributed by atoms with Gasteiger partial charge in [-0.15, -0.1) is 0 Å². The van der Waals surface area contributed by atoms with Gasteiger partial charge in [-0.2, -0.15) is 0 Å². The fourth-order valence-electron chi connectivity index (χ4n) is 1.64. The van der Waals surface area contributed by atoms with Gasteiger partial charge in [0.15, 0.2) is 0 Å². The molecule has 1 amide bonds. The molecule has 3 N–H and O–H groups in total. The largest absolute Gasteiger partial charge is 0.508 e. The van der Waals surface area contributed by atoms with Crippen LogP contribution in [0.4, 0.5) is 14.5 Å². The van der Waals surface area contributed by atoms with Gasteiger partial charge >= 0.3 is 0 Å². The van der Waals surface area contributed by atoms with E-state index in [-0.39, 0.29) is 28.3 Å². The van der Waals surface area contributed by atoms with Gasteiger partial charge < -0.3 is 15.5 Å². The lowest BCUT2D eigenvalue weighted by molar-refractivity contribution is 0.102. The van der Waals surface area contributed by atoms with Crippen molar-refractivity contribution < 1.29 is 23.8 Å². The molecule has 4 nitrogen and oxygen atoms in total. The van der Waals surface area contributed by atoms with Gasteiger partial charge in [0.2, 0.25) is 0 Å². The molecule has 0 aliphatic heterocycles. The van der Waals surface area contributed by atoms with Gasteiger partial charge in [0.05, 0.1) is 11.3 Å². The Kier molecular flexibility index (Phi) is 3.56. The van der Waals surface area contributed by atoms with E-state index in [9.17, 15) is 23.8 Å². The number of carbonyl (C=O) groups is 1. The molecule has 0 unspecified atom stereocenters. The zero-order valence-electron chi connectivity index (χ0n) is 10.4. The van der Waals surface area contributed by atoms with Gasteiger partial charge in [-0.05, 0) is 36.8 Å². The zero-order valence-corrected chi connectivity index (χ0v) is 10.4. The third-order valence-corrected chi connectivity index (χ3v) is 2.72. The number of amides is 1. The molecule has 0 fully saturated rings. The quantitative estimate of drug-likeness (QED) is 0.740. The minimum Gasteiger partial charge on any atom is -0.508 e. The van der Waals surface area contributed by atoms with E-state index in [4.69, 9.17) is 0 Å². The molecule has 0 aliphatic rings. The average molecular weight is 279 g/mol. The van der Waals surface area contributed by atoms with Gasteiger partial charge in [0.1, 0.15) is 23.1 Å². The highest BCUT2D eigenvalue weighted by Gasteiger charge is 2.15. The van der Waals surface area contributed by atoms with Crippen molar-refractivity contribution in [2.75, 3.05) is 5.32 Å². The second-order valence-electron chi connectivity index (χ2n) is 4.24. The number of halogens is 2. The van der Waals surface area contributed by atoms with Crippen LogP contribution in [0.25, 0.3) is 0 Å². The number of nitrogens with one attached hydrogen (secondary N) is 1. The number of benzene rings is 2. The summed E-state index contributed by atoms with van der Waals surface area (Å²) in [5.41, 5.74) is -0.480. The summed E-state index contributed by atoms with van der Waals surface area (Å²) in [6.45, 7) is 1.39. The first kappa shape index (κ1) is 13.8. The predicted octanol–water partition coefficient (Wildman–Crippen LogP) is 2.94. The summed E-state index contributed by atoms with van der Waals surface area (Å²) in [5, 5.41) is 20.9. The molecule has 6 heteroatoms. The highest BCUT2D eigenvalue weighted by molar-refractivity contribution is 6.06. The lowest BCUT2D eigenvalue weighted by atomic mass is 10.1. The van der Waals surface area contributed by atoms with Gasteiger partial charge in [-0.3, -0.25) is 4.79 Å². The number of phenolic OH excluding ortho intramolecular Hbond substituents is 2. The summed E-state index contributed by atoms with van der Waals surface area (Å²) in [6, 6.07) is 5.14. The van der Waals surface area contributed by atoms with Gasteiger partial charge in [-0.25, -0.2) is 8.78 Å². The first-order valence-corrected chi connectivity index (χ1v) is 5.67. The van der Waals surface area contributed by atoms with E-state index in [0.717, 1.165) is 24.3 Å². The maximum absolute atomic E-state index is 13.6. The van der Waals surface area contributed by atoms with Gasteiger partial charge in [-0.1, -0.05) is 0 Å². The standard InChI is InChI=1S/C14H11F2NO3/c1-7-4-11(16)12(6-10(7)15)17-14(20)9-5-8(18)2-3-13(9)19/h2-6,18-19H,1H3,(H,17,20). The van der Waals surface area contributed by atoms with Crippen LogP contribution < -0.4 is 5.32 Å². The van der Waals surface area contributed by atoms with Crippen molar-refractivity contribution in [1.29, 1.82) is 0 Å². The molecule has 0 saturated carbocycles. The van der Waals surface area contributed by atoms with Crippen LogP contribution in [-0.2, 0) is 0 Å². The molecular weight excluding hydrogens is 268 g/mol. The molecule has 0 spiro atoms. The minimum absolute atomic E-state index is 0.112. The summed E-state index contributed by atoms with van der Waals surface area (Å²) >= 11 is 0. The normalized spacial score (nSPS) is 10.3. The van der Waals surface area contributed by atoms with Crippen LogP contribution in [0.2, 0.25) is 0 Å². The Morgan fingerprint density at radius 1 is 1.10 bits per heavy atom. The first-order chi connectivity index (χ1) is 9.38. The molecule has 0 saturated heterocycles. The van der Waals surface area contributed by atoms with Crippen molar-refractivity contribution >= 4 is 11.6 Å². The van der Waals surface area contributed by atoms with Crippen LogP contribution in [0.5, 0.6) is 11.5 Å². The van der Waals surface area contributed by atoms with E-state index in [1.54, 1.807) is 0 Å². The SMILES string of the molecule is Cc1cc(F)c(NC(=O)c2cc(O)ccc2O)cc1F. The van der Waals surface area contributed by atoms with E-state index < -0.39 is 17.5 Å². The second kappa shape index (κ2) is 5.16. The first-order valence-electron chi connectivity index (χ1n) is 5.67. The van der Waals surface area contributed by atoms with Crippen molar-refractivity contribution in [1.82, 2.24) is 0 Å². The summed E-state index contributed by atoms with van der Waals surface area (Å²) in [5.74, 6) is -2.93. The van der Waals surface area contributed by atoms with Crippen molar-refractivity contribution in [3.05, 3.63) is 53.1 Å².